The number of halogens is 4. The van der Waals surface area contributed by atoms with Crippen LogP contribution < -0.4 is 5.32 Å². The van der Waals surface area contributed by atoms with Crippen LogP contribution in [0.1, 0.15) is 36.3 Å². The molecular weight excluding hydrogens is 303 g/mol. The van der Waals surface area contributed by atoms with Gasteiger partial charge in [0.2, 0.25) is 0 Å². The maximum Gasteiger partial charge on any atom is 0.416 e. The van der Waals surface area contributed by atoms with Crippen LogP contribution >= 0.6 is 12.4 Å². The zero-order valence-electron chi connectivity index (χ0n) is 11.6. The molecule has 0 aliphatic carbocycles. The second kappa shape index (κ2) is 6.15. The highest BCUT2D eigenvalue weighted by Crippen LogP contribution is 2.42. The lowest BCUT2D eigenvalue weighted by molar-refractivity contribution is -0.137. The molecule has 1 aromatic carbocycles. The van der Waals surface area contributed by atoms with E-state index in [2.05, 4.69) is 5.32 Å². The Morgan fingerprint density at radius 3 is 2.57 bits per heavy atom. The van der Waals surface area contributed by atoms with Crippen LogP contribution in [0.15, 0.2) is 24.3 Å². The van der Waals surface area contributed by atoms with Crippen LogP contribution in [0.5, 0.6) is 0 Å². The summed E-state index contributed by atoms with van der Waals surface area (Å²) in [6, 6.07) is 5.67. The Kier molecular flexibility index (Phi) is 4.85. The van der Waals surface area contributed by atoms with E-state index in [1.807, 2.05) is 0 Å². The third-order valence-corrected chi connectivity index (χ3v) is 4.41. The van der Waals surface area contributed by atoms with Crippen molar-refractivity contribution in [2.45, 2.75) is 37.0 Å². The highest BCUT2D eigenvalue weighted by atomic mass is 35.5. The van der Waals surface area contributed by atoms with Crippen molar-refractivity contribution in [2.75, 3.05) is 19.7 Å². The van der Waals surface area contributed by atoms with Crippen LogP contribution in [-0.4, -0.2) is 25.3 Å². The predicted octanol–water partition coefficient (Wildman–Crippen LogP) is 3.75. The van der Waals surface area contributed by atoms with Gasteiger partial charge in [0.1, 0.15) is 0 Å². The number of hydrogen-bond donors (Lipinski definition) is 1. The molecule has 2 nitrogen and oxygen atoms in total. The molecule has 1 aromatic rings. The molecule has 0 saturated carbocycles. The summed E-state index contributed by atoms with van der Waals surface area (Å²) in [7, 11) is 0. The molecule has 118 valence electrons. The lowest BCUT2D eigenvalue weighted by atomic mass is 9.83. The monoisotopic (exact) mass is 321 g/mol. The van der Waals surface area contributed by atoms with Gasteiger partial charge in [-0.25, -0.2) is 0 Å². The lowest BCUT2D eigenvalue weighted by Crippen LogP contribution is -2.41. The fraction of sp³-hybridized carbons (Fsp3) is 0.600. The van der Waals surface area contributed by atoms with E-state index < -0.39 is 11.7 Å². The van der Waals surface area contributed by atoms with Gasteiger partial charge in [-0.15, -0.1) is 12.4 Å². The van der Waals surface area contributed by atoms with Crippen molar-refractivity contribution in [2.24, 2.45) is 0 Å². The van der Waals surface area contributed by atoms with E-state index in [9.17, 15) is 13.2 Å². The van der Waals surface area contributed by atoms with E-state index in [-0.39, 0.29) is 23.9 Å². The molecule has 0 aromatic heterocycles. The summed E-state index contributed by atoms with van der Waals surface area (Å²) < 4.78 is 44.2. The topological polar surface area (TPSA) is 21.3 Å². The summed E-state index contributed by atoms with van der Waals surface area (Å²) in [5.41, 5.74) is 0.0564. The summed E-state index contributed by atoms with van der Waals surface area (Å²) in [5, 5.41) is 3.29. The normalized spacial score (nSPS) is 24.8. The molecule has 1 N–H and O–H groups in total. The Labute approximate surface area is 128 Å². The summed E-state index contributed by atoms with van der Waals surface area (Å²) in [5.74, 6) is 0.0791. The van der Waals surface area contributed by atoms with Crippen LogP contribution in [0.25, 0.3) is 0 Å². The van der Waals surface area contributed by atoms with Gasteiger partial charge in [-0.3, -0.25) is 0 Å². The lowest BCUT2D eigenvalue weighted by Gasteiger charge is -2.33. The van der Waals surface area contributed by atoms with Crippen molar-refractivity contribution in [3.8, 4) is 0 Å². The zero-order chi connectivity index (χ0) is 14.2. The van der Waals surface area contributed by atoms with Gasteiger partial charge >= 0.3 is 6.18 Å². The minimum absolute atomic E-state index is 0. The van der Waals surface area contributed by atoms with Gasteiger partial charge in [-0.1, -0.05) is 18.2 Å². The van der Waals surface area contributed by atoms with Gasteiger partial charge < -0.3 is 10.1 Å². The van der Waals surface area contributed by atoms with E-state index in [0.29, 0.717) is 6.61 Å². The molecule has 2 aliphatic rings. The molecule has 0 bridgehead atoms. The van der Waals surface area contributed by atoms with Gasteiger partial charge in [-0.05, 0) is 44.0 Å². The molecule has 2 aliphatic heterocycles. The zero-order valence-corrected chi connectivity index (χ0v) is 12.4. The van der Waals surface area contributed by atoms with Gasteiger partial charge in [0.15, 0.2) is 0 Å². The van der Waals surface area contributed by atoms with Crippen LogP contribution in [0.4, 0.5) is 13.2 Å². The summed E-state index contributed by atoms with van der Waals surface area (Å²) in [4.78, 5) is 0. The van der Waals surface area contributed by atoms with Crippen molar-refractivity contribution in [3.05, 3.63) is 35.4 Å². The molecule has 2 heterocycles. The summed E-state index contributed by atoms with van der Waals surface area (Å²) in [6.45, 7) is 2.38. The molecule has 21 heavy (non-hydrogen) atoms. The second-order valence-electron chi connectivity index (χ2n) is 5.77. The van der Waals surface area contributed by atoms with E-state index in [4.69, 9.17) is 4.74 Å². The highest BCUT2D eigenvalue weighted by molar-refractivity contribution is 5.85. The van der Waals surface area contributed by atoms with E-state index in [0.717, 1.165) is 44.0 Å². The van der Waals surface area contributed by atoms with E-state index in [1.54, 1.807) is 6.07 Å². The third-order valence-electron chi connectivity index (χ3n) is 4.41. The summed E-state index contributed by atoms with van der Waals surface area (Å²) >= 11 is 0. The van der Waals surface area contributed by atoms with Crippen molar-refractivity contribution >= 4 is 12.4 Å². The first-order chi connectivity index (χ1) is 9.49. The SMILES string of the molecule is Cl.FC(F)(F)c1cccc([C@H]2COC3(CCNCC3)C2)c1. The first-order valence-corrected chi connectivity index (χ1v) is 7.00. The highest BCUT2D eigenvalue weighted by Gasteiger charge is 2.42. The average molecular weight is 322 g/mol. The van der Waals surface area contributed by atoms with Gasteiger partial charge in [0, 0.05) is 5.92 Å². The van der Waals surface area contributed by atoms with E-state index >= 15 is 0 Å². The number of benzene rings is 1. The standard InChI is InChI=1S/C15H18F3NO.ClH/c16-15(17,18)13-3-1-2-11(8-13)12-9-14(20-10-12)4-6-19-7-5-14;/h1-3,8,12,19H,4-7,9-10H2;1H/t12-;/m1./s1. The minimum Gasteiger partial charge on any atom is -0.374 e. The van der Waals surface area contributed by atoms with Crippen molar-refractivity contribution in [1.82, 2.24) is 5.32 Å². The molecule has 0 radical (unpaired) electrons. The van der Waals surface area contributed by atoms with Crippen LogP contribution in [0.2, 0.25) is 0 Å². The Balaban J connectivity index is 0.00000161. The van der Waals surface area contributed by atoms with Crippen LogP contribution in [-0.2, 0) is 10.9 Å². The molecule has 1 atom stereocenters. The van der Waals surface area contributed by atoms with Crippen molar-refractivity contribution < 1.29 is 17.9 Å². The Hall–Kier alpha value is -0.780. The van der Waals surface area contributed by atoms with Crippen molar-refractivity contribution in [1.29, 1.82) is 0 Å². The molecule has 0 amide bonds. The third kappa shape index (κ3) is 3.52. The average Bonchev–Trinajstić information content (AvgIpc) is 2.83. The largest absolute Gasteiger partial charge is 0.416 e. The van der Waals surface area contributed by atoms with Crippen LogP contribution in [0, 0.1) is 0 Å². The number of rotatable bonds is 1. The molecule has 3 rings (SSSR count). The van der Waals surface area contributed by atoms with E-state index in [1.165, 1.54) is 12.1 Å². The smallest absolute Gasteiger partial charge is 0.374 e. The number of hydrogen-bond acceptors (Lipinski definition) is 2. The number of ether oxygens (including phenoxy) is 1. The minimum atomic E-state index is -4.28. The quantitative estimate of drug-likeness (QED) is 0.850. The molecule has 2 saturated heterocycles. The Morgan fingerprint density at radius 1 is 1.19 bits per heavy atom. The number of piperidine rings is 1. The molecule has 1 spiro atoms. The second-order valence-corrected chi connectivity index (χ2v) is 5.77. The maximum atomic E-state index is 12.8. The number of nitrogens with one attached hydrogen (secondary N) is 1. The predicted molar refractivity (Wildman–Crippen MR) is 76.8 cm³/mol. The van der Waals surface area contributed by atoms with Gasteiger partial charge in [0.05, 0.1) is 17.8 Å². The molecule has 0 unspecified atom stereocenters. The van der Waals surface area contributed by atoms with Crippen LogP contribution in [0.3, 0.4) is 0 Å². The molecule has 2 fully saturated rings. The first kappa shape index (κ1) is 16.6. The molecular formula is C15H19ClF3NO. The Bertz CT molecular complexity index is 486. The number of alkyl halides is 3. The maximum absolute atomic E-state index is 12.8. The fourth-order valence-corrected chi connectivity index (χ4v) is 3.26. The van der Waals surface area contributed by atoms with Crippen molar-refractivity contribution in [3.63, 3.8) is 0 Å². The van der Waals surface area contributed by atoms with Gasteiger partial charge in [-0.2, -0.15) is 13.2 Å². The fourth-order valence-electron chi connectivity index (χ4n) is 3.26. The molecule has 6 heteroatoms. The first-order valence-electron chi connectivity index (χ1n) is 7.00. The Morgan fingerprint density at radius 2 is 1.90 bits per heavy atom. The van der Waals surface area contributed by atoms with Gasteiger partial charge in [0.25, 0.3) is 0 Å². The summed E-state index contributed by atoms with van der Waals surface area (Å²) in [6.07, 6.45) is -1.55.